The van der Waals surface area contributed by atoms with Crippen molar-refractivity contribution in [3.63, 3.8) is 0 Å². The molecular formula is C14H19ClN2OS. The summed E-state index contributed by atoms with van der Waals surface area (Å²) >= 11 is 8.22. The van der Waals surface area contributed by atoms with Crippen LogP contribution in [0.25, 0.3) is 0 Å². The normalized spacial score (nSPS) is 20.3. The Balaban J connectivity index is 1.65. The van der Waals surface area contributed by atoms with Gasteiger partial charge in [-0.25, -0.2) is 9.97 Å². The van der Waals surface area contributed by atoms with Gasteiger partial charge in [0.2, 0.25) is 0 Å². The molecule has 0 amide bonds. The third-order valence-corrected chi connectivity index (χ3v) is 5.50. The van der Waals surface area contributed by atoms with Gasteiger partial charge < -0.3 is 4.74 Å². The lowest BCUT2D eigenvalue weighted by Gasteiger charge is -2.21. The maximum Gasteiger partial charge on any atom is 0.140 e. The summed E-state index contributed by atoms with van der Waals surface area (Å²) in [7, 11) is 0. The zero-order valence-electron chi connectivity index (χ0n) is 11.0. The minimum Gasteiger partial charge on any atom is -0.376 e. The third-order valence-electron chi connectivity index (χ3n) is 3.82. The number of ether oxygens (including phenoxy) is 1. The molecule has 104 valence electrons. The van der Waals surface area contributed by atoms with Crippen LogP contribution in [0.15, 0.2) is 0 Å². The molecule has 5 heteroatoms. The molecule has 0 spiro atoms. The Hall–Kier alpha value is -0.320. The van der Waals surface area contributed by atoms with E-state index < -0.39 is 0 Å². The Bertz CT molecular complexity index is 449. The zero-order chi connectivity index (χ0) is 13.1. The number of aromatic nitrogens is 2. The van der Waals surface area contributed by atoms with E-state index in [4.69, 9.17) is 16.3 Å². The quantitative estimate of drug-likeness (QED) is 0.796. The predicted octanol–water partition coefficient (Wildman–Crippen LogP) is 3.77. The van der Waals surface area contributed by atoms with Crippen molar-refractivity contribution in [2.45, 2.75) is 56.1 Å². The third kappa shape index (κ3) is 3.41. The summed E-state index contributed by atoms with van der Waals surface area (Å²) in [6.07, 6.45) is 7.70. The first kappa shape index (κ1) is 13.7. The maximum absolute atomic E-state index is 6.23. The van der Waals surface area contributed by atoms with Gasteiger partial charge in [-0.05, 0) is 12.8 Å². The number of fused-ring (bicyclic) bond motifs is 1. The van der Waals surface area contributed by atoms with Gasteiger partial charge >= 0.3 is 0 Å². The Labute approximate surface area is 123 Å². The lowest BCUT2D eigenvalue weighted by molar-refractivity contribution is 0.109. The van der Waals surface area contributed by atoms with E-state index >= 15 is 0 Å². The molecule has 0 N–H and O–H groups in total. The average Bonchev–Trinajstić information content (AvgIpc) is 2.46. The molecule has 1 aromatic rings. The van der Waals surface area contributed by atoms with Gasteiger partial charge in [-0.3, -0.25) is 0 Å². The van der Waals surface area contributed by atoms with Gasteiger partial charge in [-0.2, -0.15) is 11.8 Å². The van der Waals surface area contributed by atoms with Crippen LogP contribution in [-0.4, -0.2) is 21.8 Å². The number of nitrogens with zero attached hydrogens (tertiary/aromatic N) is 2. The van der Waals surface area contributed by atoms with Crippen LogP contribution in [0.5, 0.6) is 0 Å². The monoisotopic (exact) mass is 298 g/mol. The number of rotatable bonds is 3. The summed E-state index contributed by atoms with van der Waals surface area (Å²) < 4.78 is 5.40. The molecule has 0 saturated heterocycles. The van der Waals surface area contributed by atoms with E-state index in [1.54, 1.807) is 0 Å². The summed E-state index contributed by atoms with van der Waals surface area (Å²) in [6, 6.07) is 0. The standard InChI is InChI=1S/C14H19ClN2OS/c15-14-11-8-18-7-6-12(11)16-13(17-14)9-19-10-4-2-1-3-5-10/h10H,1-9H2. The van der Waals surface area contributed by atoms with Crippen molar-refractivity contribution in [2.75, 3.05) is 6.61 Å². The number of halogens is 1. The van der Waals surface area contributed by atoms with E-state index in [2.05, 4.69) is 9.97 Å². The molecule has 0 bridgehead atoms. The molecule has 1 aromatic heterocycles. The van der Waals surface area contributed by atoms with Crippen LogP contribution >= 0.6 is 23.4 Å². The van der Waals surface area contributed by atoms with Crippen molar-refractivity contribution < 1.29 is 4.74 Å². The second-order valence-electron chi connectivity index (χ2n) is 5.23. The minimum absolute atomic E-state index is 0.560. The smallest absolute Gasteiger partial charge is 0.140 e. The molecule has 3 rings (SSSR count). The number of thioether (sulfide) groups is 1. The molecule has 1 aliphatic heterocycles. The summed E-state index contributed by atoms with van der Waals surface area (Å²) in [5.74, 6) is 1.78. The molecule has 2 heterocycles. The fraction of sp³-hybridized carbons (Fsp3) is 0.714. The molecule has 0 aromatic carbocycles. The summed E-state index contributed by atoms with van der Waals surface area (Å²) in [5.41, 5.74) is 2.07. The summed E-state index contributed by atoms with van der Waals surface area (Å²) in [6.45, 7) is 1.31. The Morgan fingerprint density at radius 1 is 1.21 bits per heavy atom. The van der Waals surface area contributed by atoms with E-state index in [9.17, 15) is 0 Å². The zero-order valence-corrected chi connectivity index (χ0v) is 12.6. The second kappa shape index (κ2) is 6.42. The van der Waals surface area contributed by atoms with Crippen LogP contribution in [0.3, 0.4) is 0 Å². The van der Waals surface area contributed by atoms with Gasteiger partial charge in [0.15, 0.2) is 0 Å². The Kier molecular flexibility index (Phi) is 4.61. The van der Waals surface area contributed by atoms with Crippen LogP contribution in [0.4, 0.5) is 0 Å². The molecule has 3 nitrogen and oxygen atoms in total. The topological polar surface area (TPSA) is 35.0 Å². The fourth-order valence-electron chi connectivity index (χ4n) is 2.73. The van der Waals surface area contributed by atoms with Crippen molar-refractivity contribution in [1.29, 1.82) is 0 Å². The minimum atomic E-state index is 0.560. The molecule has 19 heavy (non-hydrogen) atoms. The highest BCUT2D eigenvalue weighted by atomic mass is 35.5. The molecule has 0 radical (unpaired) electrons. The SMILES string of the molecule is Clc1nc(CSC2CCCCC2)nc2c1COCC2. The van der Waals surface area contributed by atoms with Gasteiger partial charge in [0.05, 0.1) is 24.7 Å². The van der Waals surface area contributed by atoms with E-state index in [0.717, 1.165) is 41.1 Å². The van der Waals surface area contributed by atoms with Crippen molar-refractivity contribution in [1.82, 2.24) is 9.97 Å². The van der Waals surface area contributed by atoms with Crippen molar-refractivity contribution in [3.8, 4) is 0 Å². The molecule has 1 saturated carbocycles. The first-order valence-corrected chi connectivity index (χ1v) is 8.49. The summed E-state index contributed by atoms with van der Waals surface area (Å²) in [5, 5.41) is 1.37. The van der Waals surface area contributed by atoms with Crippen LogP contribution in [0, 0.1) is 0 Å². The Morgan fingerprint density at radius 2 is 2.05 bits per heavy atom. The van der Waals surface area contributed by atoms with Crippen LogP contribution in [0.2, 0.25) is 5.15 Å². The first-order valence-electron chi connectivity index (χ1n) is 7.06. The average molecular weight is 299 g/mol. The van der Waals surface area contributed by atoms with E-state index in [0.29, 0.717) is 11.8 Å². The molecular weight excluding hydrogens is 280 g/mol. The Morgan fingerprint density at radius 3 is 2.89 bits per heavy atom. The lowest BCUT2D eigenvalue weighted by Crippen LogP contribution is -2.15. The van der Waals surface area contributed by atoms with Gasteiger partial charge in [0.25, 0.3) is 0 Å². The lowest BCUT2D eigenvalue weighted by atomic mass is 10.0. The van der Waals surface area contributed by atoms with Gasteiger partial charge in [0.1, 0.15) is 11.0 Å². The maximum atomic E-state index is 6.23. The first-order chi connectivity index (χ1) is 9.33. The van der Waals surface area contributed by atoms with Crippen LogP contribution < -0.4 is 0 Å². The fourth-order valence-corrected chi connectivity index (χ4v) is 4.17. The highest BCUT2D eigenvalue weighted by Gasteiger charge is 2.18. The predicted molar refractivity (Wildman–Crippen MR) is 78.6 cm³/mol. The summed E-state index contributed by atoms with van der Waals surface area (Å²) in [4.78, 5) is 9.09. The molecule has 0 unspecified atom stereocenters. The van der Waals surface area contributed by atoms with Crippen molar-refractivity contribution >= 4 is 23.4 Å². The highest BCUT2D eigenvalue weighted by Crippen LogP contribution is 2.30. The van der Waals surface area contributed by atoms with Crippen LogP contribution in [-0.2, 0) is 23.5 Å². The van der Waals surface area contributed by atoms with E-state index in [1.807, 2.05) is 11.8 Å². The van der Waals surface area contributed by atoms with Crippen molar-refractivity contribution in [2.24, 2.45) is 0 Å². The second-order valence-corrected chi connectivity index (χ2v) is 6.88. The molecule has 2 aliphatic rings. The van der Waals surface area contributed by atoms with Crippen molar-refractivity contribution in [3.05, 3.63) is 22.2 Å². The molecule has 1 fully saturated rings. The largest absolute Gasteiger partial charge is 0.376 e. The van der Waals surface area contributed by atoms with Gasteiger partial charge in [-0.15, -0.1) is 0 Å². The number of hydrogen-bond donors (Lipinski definition) is 0. The van der Waals surface area contributed by atoms with Gasteiger partial charge in [0, 0.05) is 17.2 Å². The van der Waals surface area contributed by atoms with E-state index in [-0.39, 0.29) is 0 Å². The number of hydrogen-bond acceptors (Lipinski definition) is 4. The molecule has 1 aliphatic carbocycles. The van der Waals surface area contributed by atoms with E-state index in [1.165, 1.54) is 32.1 Å². The highest BCUT2D eigenvalue weighted by molar-refractivity contribution is 7.99. The molecule has 0 atom stereocenters. The van der Waals surface area contributed by atoms with Crippen LogP contribution in [0.1, 0.15) is 49.2 Å². The van der Waals surface area contributed by atoms with Gasteiger partial charge in [-0.1, -0.05) is 30.9 Å².